The summed E-state index contributed by atoms with van der Waals surface area (Å²) in [4.78, 5) is 16.8. The molecule has 0 amide bonds. The Labute approximate surface area is 118 Å². The molecule has 0 radical (unpaired) electrons. The molecule has 0 bridgehead atoms. The van der Waals surface area contributed by atoms with Gasteiger partial charge in [0.1, 0.15) is 5.01 Å². The van der Waals surface area contributed by atoms with Crippen LogP contribution in [-0.4, -0.2) is 21.8 Å². The predicted molar refractivity (Wildman–Crippen MR) is 79.6 cm³/mol. The number of nitrogens with zero attached hydrogens (tertiary/aromatic N) is 1. The minimum atomic E-state index is 0.0807. The van der Waals surface area contributed by atoms with Crippen LogP contribution >= 0.6 is 23.1 Å². The molecular formula is C14H21NOS2. The average molecular weight is 283 g/mol. The van der Waals surface area contributed by atoms with Crippen molar-refractivity contribution in [1.29, 1.82) is 0 Å². The molecule has 1 aliphatic rings. The van der Waals surface area contributed by atoms with Crippen LogP contribution in [0.4, 0.5) is 0 Å². The summed E-state index contributed by atoms with van der Waals surface area (Å²) in [5.74, 6) is 1.51. The lowest BCUT2D eigenvalue weighted by Crippen LogP contribution is -2.22. The molecule has 0 aromatic carbocycles. The van der Waals surface area contributed by atoms with Gasteiger partial charge in [-0.2, -0.15) is 11.8 Å². The van der Waals surface area contributed by atoms with Gasteiger partial charge in [0.25, 0.3) is 0 Å². The van der Waals surface area contributed by atoms with Crippen molar-refractivity contribution in [3.05, 3.63) is 16.1 Å². The van der Waals surface area contributed by atoms with E-state index >= 15 is 0 Å². The van der Waals surface area contributed by atoms with E-state index in [-0.39, 0.29) is 10.7 Å². The SMILES string of the molecule is CC(C)(C)c1csc(CC(=O)C2CCCCS2)n1. The minimum absolute atomic E-state index is 0.0807. The molecule has 2 rings (SSSR count). The lowest BCUT2D eigenvalue weighted by molar-refractivity contribution is -0.118. The molecule has 0 N–H and O–H groups in total. The van der Waals surface area contributed by atoms with E-state index in [1.807, 2.05) is 11.8 Å². The van der Waals surface area contributed by atoms with E-state index in [0.717, 1.165) is 22.9 Å². The summed E-state index contributed by atoms with van der Waals surface area (Å²) in [6, 6.07) is 0. The van der Waals surface area contributed by atoms with Crippen LogP contribution in [0.25, 0.3) is 0 Å². The number of hydrogen-bond donors (Lipinski definition) is 0. The maximum atomic E-state index is 12.2. The van der Waals surface area contributed by atoms with E-state index in [4.69, 9.17) is 0 Å². The van der Waals surface area contributed by atoms with Crippen LogP contribution in [0.15, 0.2) is 5.38 Å². The van der Waals surface area contributed by atoms with Gasteiger partial charge < -0.3 is 0 Å². The first-order chi connectivity index (χ1) is 8.47. The molecule has 100 valence electrons. The molecule has 1 aromatic rings. The summed E-state index contributed by atoms with van der Waals surface area (Å²) in [7, 11) is 0. The standard InChI is InChI=1S/C14H21NOS2/c1-14(2,3)12-9-18-13(15-12)8-10(16)11-6-4-5-7-17-11/h9,11H,4-8H2,1-3H3. The second-order valence-electron chi connectivity index (χ2n) is 5.87. The molecule has 0 aliphatic carbocycles. The van der Waals surface area contributed by atoms with Gasteiger partial charge in [-0.1, -0.05) is 27.2 Å². The Morgan fingerprint density at radius 3 is 2.78 bits per heavy atom. The fraction of sp³-hybridized carbons (Fsp3) is 0.714. The number of ketones is 1. The summed E-state index contributed by atoms with van der Waals surface area (Å²) in [5, 5.41) is 3.30. The third-order valence-corrected chi connectivity index (χ3v) is 5.46. The molecule has 1 fully saturated rings. The molecule has 1 atom stereocenters. The first-order valence-corrected chi connectivity index (χ1v) is 8.49. The highest BCUT2D eigenvalue weighted by Gasteiger charge is 2.24. The molecule has 2 heterocycles. The third-order valence-electron chi connectivity index (χ3n) is 3.18. The second-order valence-corrected chi connectivity index (χ2v) is 8.13. The van der Waals surface area contributed by atoms with Crippen molar-refractivity contribution in [3.63, 3.8) is 0 Å². The maximum Gasteiger partial charge on any atom is 0.152 e. The first-order valence-electron chi connectivity index (χ1n) is 6.56. The molecule has 0 spiro atoms. The van der Waals surface area contributed by atoms with Crippen LogP contribution < -0.4 is 0 Å². The summed E-state index contributed by atoms with van der Waals surface area (Å²) in [5.41, 5.74) is 1.18. The van der Waals surface area contributed by atoms with Crippen LogP contribution in [0.2, 0.25) is 0 Å². The third kappa shape index (κ3) is 3.58. The van der Waals surface area contributed by atoms with Crippen LogP contribution in [0, 0.1) is 0 Å². The number of thioether (sulfide) groups is 1. The zero-order valence-corrected chi connectivity index (χ0v) is 13.0. The average Bonchev–Trinajstić information content (AvgIpc) is 2.78. The summed E-state index contributed by atoms with van der Waals surface area (Å²) in [6.45, 7) is 6.47. The van der Waals surface area contributed by atoms with Gasteiger partial charge >= 0.3 is 0 Å². The van der Waals surface area contributed by atoms with E-state index in [1.54, 1.807) is 11.3 Å². The van der Waals surface area contributed by atoms with Gasteiger partial charge in [-0.3, -0.25) is 4.79 Å². The molecular weight excluding hydrogens is 262 g/mol. The Bertz CT molecular complexity index is 414. The maximum absolute atomic E-state index is 12.2. The Morgan fingerprint density at radius 1 is 1.44 bits per heavy atom. The Hall–Kier alpha value is -0.350. The van der Waals surface area contributed by atoms with Gasteiger partial charge in [0.2, 0.25) is 0 Å². The zero-order chi connectivity index (χ0) is 13.2. The highest BCUT2D eigenvalue weighted by Crippen LogP contribution is 2.28. The van der Waals surface area contributed by atoms with E-state index in [2.05, 4.69) is 31.1 Å². The molecule has 1 aliphatic heterocycles. The minimum Gasteiger partial charge on any atom is -0.298 e. The van der Waals surface area contributed by atoms with Gasteiger partial charge in [0.15, 0.2) is 5.78 Å². The van der Waals surface area contributed by atoms with Crippen LogP contribution in [0.1, 0.15) is 50.7 Å². The fourth-order valence-electron chi connectivity index (χ4n) is 1.99. The number of Topliss-reactive ketones (excluding diaryl/α,β-unsaturated/α-hetero) is 1. The van der Waals surface area contributed by atoms with Gasteiger partial charge in [-0.05, 0) is 18.6 Å². The highest BCUT2D eigenvalue weighted by molar-refractivity contribution is 8.00. The van der Waals surface area contributed by atoms with Crippen molar-refractivity contribution in [1.82, 2.24) is 4.98 Å². The van der Waals surface area contributed by atoms with Crippen molar-refractivity contribution in [2.24, 2.45) is 0 Å². The van der Waals surface area contributed by atoms with Gasteiger partial charge in [-0.25, -0.2) is 4.98 Å². The fourth-order valence-corrected chi connectivity index (χ4v) is 4.28. The topological polar surface area (TPSA) is 30.0 Å². The number of hydrogen-bond acceptors (Lipinski definition) is 4. The highest BCUT2D eigenvalue weighted by atomic mass is 32.2. The molecule has 0 saturated carbocycles. The van der Waals surface area contributed by atoms with Crippen LogP contribution in [-0.2, 0) is 16.6 Å². The molecule has 1 saturated heterocycles. The zero-order valence-electron chi connectivity index (χ0n) is 11.4. The lowest BCUT2D eigenvalue weighted by Gasteiger charge is -2.19. The van der Waals surface area contributed by atoms with Crippen molar-refractivity contribution in [2.75, 3.05) is 5.75 Å². The molecule has 1 aromatic heterocycles. The molecule has 18 heavy (non-hydrogen) atoms. The summed E-state index contributed by atoms with van der Waals surface area (Å²) >= 11 is 3.46. The van der Waals surface area contributed by atoms with Crippen molar-refractivity contribution in [2.45, 2.75) is 57.1 Å². The smallest absolute Gasteiger partial charge is 0.152 e. The summed E-state index contributed by atoms with van der Waals surface area (Å²) in [6.07, 6.45) is 4.05. The van der Waals surface area contributed by atoms with Crippen molar-refractivity contribution in [3.8, 4) is 0 Å². The van der Waals surface area contributed by atoms with Gasteiger partial charge in [0, 0.05) is 10.8 Å². The van der Waals surface area contributed by atoms with Crippen molar-refractivity contribution >= 4 is 28.9 Å². The lowest BCUT2D eigenvalue weighted by atomic mass is 9.93. The normalized spacial score (nSPS) is 20.9. The molecule has 4 heteroatoms. The number of carbonyl (C=O) groups excluding carboxylic acids is 1. The predicted octanol–water partition coefficient (Wildman–Crippen LogP) is 3.84. The first kappa shape index (κ1) is 14.1. The largest absolute Gasteiger partial charge is 0.298 e. The van der Waals surface area contributed by atoms with Gasteiger partial charge in [0.05, 0.1) is 17.4 Å². The quantitative estimate of drug-likeness (QED) is 0.844. The molecule has 2 nitrogen and oxygen atoms in total. The Morgan fingerprint density at radius 2 is 2.22 bits per heavy atom. The number of rotatable bonds is 3. The van der Waals surface area contributed by atoms with Crippen molar-refractivity contribution < 1.29 is 4.79 Å². The number of aromatic nitrogens is 1. The Kier molecular flexibility index (Phi) is 4.49. The van der Waals surface area contributed by atoms with Crippen LogP contribution in [0.3, 0.4) is 0 Å². The van der Waals surface area contributed by atoms with E-state index in [9.17, 15) is 4.79 Å². The second kappa shape index (κ2) is 5.74. The summed E-state index contributed by atoms with van der Waals surface area (Å²) < 4.78 is 0. The van der Waals surface area contributed by atoms with Crippen LogP contribution in [0.5, 0.6) is 0 Å². The van der Waals surface area contributed by atoms with E-state index in [0.29, 0.717) is 12.2 Å². The van der Waals surface area contributed by atoms with E-state index < -0.39 is 0 Å². The van der Waals surface area contributed by atoms with E-state index in [1.165, 1.54) is 12.8 Å². The number of thiazole rings is 1. The molecule has 1 unspecified atom stereocenters. The monoisotopic (exact) mass is 283 g/mol. The number of carbonyl (C=O) groups is 1. The Balaban J connectivity index is 1.96. The van der Waals surface area contributed by atoms with Gasteiger partial charge in [-0.15, -0.1) is 11.3 Å².